The van der Waals surface area contributed by atoms with Gasteiger partial charge in [0, 0.05) is 18.0 Å². The number of aliphatic hydroxyl groups excluding tert-OH is 2. The van der Waals surface area contributed by atoms with Crippen LogP contribution in [0.3, 0.4) is 0 Å². The van der Waals surface area contributed by atoms with Gasteiger partial charge in [-0.15, -0.1) is 11.3 Å². The highest BCUT2D eigenvalue weighted by Gasteiger charge is 2.33. The van der Waals surface area contributed by atoms with Crippen molar-refractivity contribution in [2.24, 2.45) is 0 Å². The van der Waals surface area contributed by atoms with Crippen molar-refractivity contribution in [2.75, 3.05) is 13.1 Å². The zero-order valence-electron chi connectivity index (χ0n) is 10.7. The minimum atomic E-state index is -0.815. The number of hydrogen-bond donors (Lipinski definition) is 2. The molecule has 0 aliphatic carbocycles. The summed E-state index contributed by atoms with van der Waals surface area (Å²) in [6.07, 6.45) is 0.419. The van der Waals surface area contributed by atoms with Crippen molar-refractivity contribution >= 4 is 17.2 Å². The van der Waals surface area contributed by atoms with Gasteiger partial charge < -0.3 is 15.1 Å². The molecule has 2 rings (SSSR count). The van der Waals surface area contributed by atoms with Crippen LogP contribution in [0.2, 0.25) is 0 Å². The molecule has 5 heteroatoms. The second kappa shape index (κ2) is 5.38. The summed E-state index contributed by atoms with van der Waals surface area (Å²) in [5.41, 5.74) is 1.23. The van der Waals surface area contributed by atoms with E-state index >= 15 is 0 Å². The van der Waals surface area contributed by atoms with Crippen molar-refractivity contribution in [3.8, 4) is 0 Å². The largest absolute Gasteiger partial charge is 0.388 e. The molecule has 2 N–H and O–H groups in total. The molecular formula is C13H19NO3S. The van der Waals surface area contributed by atoms with Gasteiger partial charge in [0.15, 0.2) is 0 Å². The number of β-amino-alcohol motifs (C(OH)–C–C–N with tert-alkyl or cyclic N) is 2. The third-order valence-electron chi connectivity index (χ3n) is 3.30. The van der Waals surface area contributed by atoms with Gasteiger partial charge >= 0.3 is 0 Å². The lowest BCUT2D eigenvalue weighted by atomic mass is 10.1. The molecule has 1 aromatic rings. The zero-order valence-corrected chi connectivity index (χ0v) is 11.5. The van der Waals surface area contributed by atoms with E-state index in [9.17, 15) is 15.0 Å². The van der Waals surface area contributed by atoms with E-state index in [0.29, 0.717) is 4.88 Å². The SMILES string of the molecule is CCCc1cc(C(=O)N2C[C@@H](O)[C@@H](O)C2)sc1C. The predicted octanol–water partition coefficient (Wildman–Crippen LogP) is 1.19. The molecular weight excluding hydrogens is 250 g/mol. The normalized spacial score (nSPS) is 23.7. The minimum Gasteiger partial charge on any atom is -0.388 e. The predicted molar refractivity (Wildman–Crippen MR) is 71.0 cm³/mol. The van der Waals surface area contributed by atoms with Gasteiger partial charge in [-0.2, -0.15) is 0 Å². The van der Waals surface area contributed by atoms with Crippen LogP contribution in [0.1, 0.15) is 33.5 Å². The Labute approximate surface area is 111 Å². The van der Waals surface area contributed by atoms with E-state index in [4.69, 9.17) is 0 Å². The number of likely N-dealkylation sites (tertiary alicyclic amines) is 1. The second-order valence-corrected chi connectivity index (χ2v) is 6.04. The van der Waals surface area contributed by atoms with Crippen LogP contribution in [0.25, 0.3) is 0 Å². The first-order chi connectivity index (χ1) is 8.52. The number of carbonyl (C=O) groups is 1. The summed E-state index contributed by atoms with van der Waals surface area (Å²) in [4.78, 5) is 15.6. The fourth-order valence-corrected chi connectivity index (χ4v) is 3.27. The summed E-state index contributed by atoms with van der Waals surface area (Å²) in [5.74, 6) is -0.0824. The monoisotopic (exact) mass is 269 g/mol. The van der Waals surface area contributed by atoms with Gasteiger partial charge in [0.05, 0.1) is 17.1 Å². The summed E-state index contributed by atoms with van der Waals surface area (Å²) >= 11 is 1.50. The molecule has 4 nitrogen and oxygen atoms in total. The minimum absolute atomic E-state index is 0.0824. The number of carbonyl (C=O) groups excluding carboxylic acids is 1. The fourth-order valence-electron chi connectivity index (χ4n) is 2.23. The van der Waals surface area contributed by atoms with E-state index < -0.39 is 12.2 Å². The molecule has 18 heavy (non-hydrogen) atoms. The Kier molecular flexibility index (Phi) is 4.04. The number of hydrogen-bond acceptors (Lipinski definition) is 4. The van der Waals surface area contributed by atoms with Crippen molar-refractivity contribution in [3.63, 3.8) is 0 Å². The summed E-state index contributed by atoms with van der Waals surface area (Å²) in [6, 6.07) is 1.95. The van der Waals surface area contributed by atoms with Crippen LogP contribution < -0.4 is 0 Å². The fraction of sp³-hybridized carbons (Fsp3) is 0.615. The molecule has 1 aliphatic heterocycles. The maximum atomic E-state index is 12.2. The molecule has 0 unspecified atom stereocenters. The molecule has 2 atom stereocenters. The van der Waals surface area contributed by atoms with Crippen LogP contribution in [-0.2, 0) is 6.42 Å². The third-order valence-corrected chi connectivity index (χ3v) is 4.38. The van der Waals surface area contributed by atoms with Gasteiger partial charge in [-0.05, 0) is 25.0 Å². The van der Waals surface area contributed by atoms with Crippen molar-refractivity contribution in [2.45, 2.75) is 38.9 Å². The zero-order chi connectivity index (χ0) is 13.3. The Balaban J connectivity index is 2.12. The third kappa shape index (κ3) is 2.58. The highest BCUT2D eigenvalue weighted by Crippen LogP contribution is 2.25. The molecule has 100 valence electrons. The molecule has 0 aromatic carbocycles. The highest BCUT2D eigenvalue weighted by atomic mass is 32.1. The number of rotatable bonds is 3. The Morgan fingerprint density at radius 2 is 2.06 bits per heavy atom. The lowest BCUT2D eigenvalue weighted by Crippen LogP contribution is -2.29. The van der Waals surface area contributed by atoms with Gasteiger partial charge in [0.1, 0.15) is 0 Å². The van der Waals surface area contributed by atoms with E-state index in [2.05, 4.69) is 6.92 Å². The number of nitrogens with zero attached hydrogens (tertiary/aromatic N) is 1. The summed E-state index contributed by atoms with van der Waals surface area (Å²) < 4.78 is 0. The molecule has 1 saturated heterocycles. The molecule has 0 radical (unpaired) electrons. The number of aryl methyl sites for hydroxylation is 2. The first kappa shape index (κ1) is 13.5. The average molecular weight is 269 g/mol. The number of thiophene rings is 1. The number of aliphatic hydroxyl groups is 2. The maximum absolute atomic E-state index is 12.2. The molecule has 1 aliphatic rings. The first-order valence-electron chi connectivity index (χ1n) is 6.27. The molecule has 0 bridgehead atoms. The van der Waals surface area contributed by atoms with Crippen LogP contribution in [0, 0.1) is 6.92 Å². The van der Waals surface area contributed by atoms with Gasteiger partial charge in [0.2, 0.25) is 0 Å². The van der Waals surface area contributed by atoms with Crippen molar-refractivity contribution in [1.82, 2.24) is 4.90 Å². The van der Waals surface area contributed by atoms with E-state index in [-0.39, 0.29) is 19.0 Å². The molecule has 0 spiro atoms. The summed E-state index contributed by atoms with van der Waals surface area (Å²) in [5, 5.41) is 18.9. The van der Waals surface area contributed by atoms with Crippen LogP contribution in [0.4, 0.5) is 0 Å². The van der Waals surface area contributed by atoms with E-state index in [1.54, 1.807) is 0 Å². The van der Waals surface area contributed by atoms with E-state index in [1.165, 1.54) is 26.7 Å². The molecule has 1 fully saturated rings. The maximum Gasteiger partial charge on any atom is 0.264 e. The summed E-state index contributed by atoms with van der Waals surface area (Å²) in [7, 11) is 0. The van der Waals surface area contributed by atoms with Crippen molar-refractivity contribution in [3.05, 3.63) is 21.4 Å². The highest BCUT2D eigenvalue weighted by molar-refractivity contribution is 7.14. The van der Waals surface area contributed by atoms with Gasteiger partial charge in [-0.3, -0.25) is 4.79 Å². The smallest absolute Gasteiger partial charge is 0.264 e. The second-order valence-electron chi connectivity index (χ2n) is 4.79. The lowest BCUT2D eigenvalue weighted by Gasteiger charge is -2.13. The summed E-state index contributed by atoms with van der Waals surface area (Å²) in [6.45, 7) is 4.59. The molecule has 1 amide bonds. The Hall–Kier alpha value is -0.910. The Bertz CT molecular complexity index is 433. The van der Waals surface area contributed by atoms with Crippen LogP contribution in [0.15, 0.2) is 6.07 Å². The van der Waals surface area contributed by atoms with E-state index in [1.807, 2.05) is 13.0 Å². The van der Waals surface area contributed by atoms with Crippen LogP contribution in [-0.4, -0.2) is 46.3 Å². The van der Waals surface area contributed by atoms with Crippen molar-refractivity contribution in [1.29, 1.82) is 0 Å². The standard InChI is InChI=1S/C13H19NO3S/c1-3-4-9-5-12(18-8(9)2)13(17)14-6-10(15)11(16)7-14/h5,10-11,15-16H,3-4,6-7H2,1-2H3/t10-,11+. The molecule has 1 aromatic heterocycles. The molecule has 2 heterocycles. The Morgan fingerprint density at radius 3 is 2.61 bits per heavy atom. The van der Waals surface area contributed by atoms with Crippen LogP contribution in [0.5, 0.6) is 0 Å². The van der Waals surface area contributed by atoms with Gasteiger partial charge in [0.25, 0.3) is 5.91 Å². The Morgan fingerprint density at radius 1 is 1.44 bits per heavy atom. The van der Waals surface area contributed by atoms with Gasteiger partial charge in [-0.25, -0.2) is 0 Å². The first-order valence-corrected chi connectivity index (χ1v) is 7.09. The average Bonchev–Trinajstić information content (AvgIpc) is 2.84. The topological polar surface area (TPSA) is 60.8 Å². The van der Waals surface area contributed by atoms with Crippen molar-refractivity contribution < 1.29 is 15.0 Å². The number of amides is 1. The van der Waals surface area contributed by atoms with E-state index in [0.717, 1.165) is 12.8 Å². The lowest BCUT2D eigenvalue weighted by molar-refractivity contribution is 0.0572. The van der Waals surface area contributed by atoms with Gasteiger partial charge in [-0.1, -0.05) is 13.3 Å². The molecule has 0 saturated carbocycles. The quantitative estimate of drug-likeness (QED) is 0.866. The van der Waals surface area contributed by atoms with Crippen LogP contribution >= 0.6 is 11.3 Å².